The number of hydrogen-bond donors (Lipinski definition) is 1. The Kier molecular flexibility index (Phi) is 7.81. The molecule has 2 aliphatic rings. The predicted molar refractivity (Wildman–Crippen MR) is 115 cm³/mol. The highest BCUT2D eigenvalue weighted by atomic mass is 32.2. The maximum atomic E-state index is 10.6. The number of aliphatic hydroxyl groups excluding tert-OH is 1. The zero-order valence-electron chi connectivity index (χ0n) is 17.8. The number of ether oxygens (including phenoxy) is 4. The third-order valence-electron chi connectivity index (χ3n) is 6.68. The largest absolute Gasteiger partial charge is 0.396 e. The van der Waals surface area contributed by atoms with Crippen molar-refractivity contribution < 1.29 is 24.1 Å². The fourth-order valence-corrected chi connectivity index (χ4v) is 6.36. The van der Waals surface area contributed by atoms with Crippen LogP contribution in [0, 0.1) is 17.3 Å². The SMILES string of the molecule is C=C(CSc1ccccc1)[C@@H]1CC[C@@H]2[C@@H](OCOC)[C@@]1(CO)C[C@@]2(C)OCOC. The molecule has 0 aromatic heterocycles. The van der Waals surface area contributed by atoms with E-state index in [2.05, 4.69) is 37.8 Å². The summed E-state index contributed by atoms with van der Waals surface area (Å²) in [7, 11) is 3.26. The van der Waals surface area contributed by atoms with Gasteiger partial charge in [-0.05, 0) is 44.2 Å². The van der Waals surface area contributed by atoms with E-state index < -0.39 is 11.0 Å². The van der Waals surface area contributed by atoms with Crippen molar-refractivity contribution >= 4 is 11.8 Å². The highest BCUT2D eigenvalue weighted by Crippen LogP contribution is 2.62. The second-order valence-corrected chi connectivity index (χ2v) is 9.47. The molecule has 2 bridgehead atoms. The van der Waals surface area contributed by atoms with Crippen LogP contribution in [0.4, 0.5) is 0 Å². The minimum Gasteiger partial charge on any atom is -0.396 e. The maximum Gasteiger partial charge on any atom is 0.147 e. The Bertz CT molecular complexity index is 668. The Labute approximate surface area is 178 Å². The molecule has 0 spiro atoms. The van der Waals surface area contributed by atoms with E-state index in [1.54, 1.807) is 26.0 Å². The molecule has 0 aliphatic heterocycles. The van der Waals surface area contributed by atoms with Gasteiger partial charge in [0.2, 0.25) is 0 Å². The molecule has 1 aromatic rings. The molecule has 6 heteroatoms. The van der Waals surface area contributed by atoms with E-state index in [-0.39, 0.29) is 38.1 Å². The Morgan fingerprint density at radius 2 is 1.90 bits per heavy atom. The van der Waals surface area contributed by atoms with Crippen LogP contribution in [0.5, 0.6) is 0 Å². The topological polar surface area (TPSA) is 57.2 Å². The first-order valence-corrected chi connectivity index (χ1v) is 11.2. The van der Waals surface area contributed by atoms with Gasteiger partial charge >= 0.3 is 0 Å². The van der Waals surface area contributed by atoms with Gasteiger partial charge in [-0.25, -0.2) is 0 Å². The van der Waals surface area contributed by atoms with Crippen LogP contribution in [0.15, 0.2) is 47.4 Å². The van der Waals surface area contributed by atoms with Crippen molar-refractivity contribution in [1.29, 1.82) is 0 Å². The van der Waals surface area contributed by atoms with E-state index >= 15 is 0 Å². The van der Waals surface area contributed by atoms with Crippen LogP contribution in [0.2, 0.25) is 0 Å². The molecule has 2 fully saturated rings. The van der Waals surface area contributed by atoms with Gasteiger partial charge in [-0.1, -0.05) is 30.4 Å². The van der Waals surface area contributed by atoms with Gasteiger partial charge in [0.25, 0.3) is 0 Å². The molecule has 1 aromatic carbocycles. The van der Waals surface area contributed by atoms with Gasteiger partial charge in [0.05, 0.1) is 18.3 Å². The van der Waals surface area contributed by atoms with Crippen LogP contribution in [0.1, 0.15) is 26.2 Å². The maximum absolute atomic E-state index is 10.6. The number of rotatable bonds is 11. The smallest absolute Gasteiger partial charge is 0.147 e. The molecule has 5 atom stereocenters. The molecule has 2 saturated carbocycles. The van der Waals surface area contributed by atoms with E-state index in [1.807, 2.05) is 6.07 Å². The van der Waals surface area contributed by atoms with E-state index in [4.69, 9.17) is 18.9 Å². The zero-order valence-corrected chi connectivity index (χ0v) is 18.6. The first-order chi connectivity index (χ1) is 14.0. The summed E-state index contributed by atoms with van der Waals surface area (Å²) in [5.74, 6) is 1.19. The Hall–Kier alpha value is -0.890. The van der Waals surface area contributed by atoms with Crippen molar-refractivity contribution in [2.75, 3.05) is 40.2 Å². The summed E-state index contributed by atoms with van der Waals surface area (Å²) >= 11 is 1.79. The normalized spacial score (nSPS) is 33.7. The molecule has 0 unspecified atom stereocenters. The average molecular weight is 423 g/mol. The molecule has 29 heavy (non-hydrogen) atoms. The number of thioether (sulfide) groups is 1. The second kappa shape index (κ2) is 9.94. The summed E-state index contributed by atoms with van der Waals surface area (Å²) in [4.78, 5) is 1.23. The summed E-state index contributed by atoms with van der Waals surface area (Å²) in [5.41, 5.74) is 0.338. The van der Waals surface area contributed by atoms with E-state index in [0.29, 0.717) is 0 Å². The van der Waals surface area contributed by atoms with Crippen molar-refractivity contribution in [3.63, 3.8) is 0 Å². The number of aliphatic hydroxyl groups is 1. The van der Waals surface area contributed by atoms with E-state index in [0.717, 1.165) is 30.6 Å². The molecule has 2 aliphatic carbocycles. The van der Waals surface area contributed by atoms with Crippen molar-refractivity contribution in [3.8, 4) is 0 Å². The molecular weight excluding hydrogens is 388 g/mol. The lowest BCUT2D eigenvalue weighted by Crippen LogP contribution is -2.49. The number of hydrogen-bond acceptors (Lipinski definition) is 6. The van der Waals surface area contributed by atoms with Gasteiger partial charge in [-0.3, -0.25) is 0 Å². The minimum atomic E-state index is -0.418. The highest BCUT2D eigenvalue weighted by Gasteiger charge is 2.65. The van der Waals surface area contributed by atoms with Crippen molar-refractivity contribution in [2.45, 2.75) is 42.8 Å². The lowest BCUT2D eigenvalue weighted by molar-refractivity contribution is -0.175. The van der Waals surface area contributed by atoms with Gasteiger partial charge in [-0.2, -0.15) is 0 Å². The average Bonchev–Trinajstić information content (AvgIpc) is 2.90. The molecule has 5 nitrogen and oxygen atoms in total. The van der Waals surface area contributed by atoms with Crippen LogP contribution < -0.4 is 0 Å². The first kappa shape index (κ1) is 22.8. The summed E-state index contributed by atoms with van der Waals surface area (Å²) in [6, 6.07) is 10.4. The van der Waals surface area contributed by atoms with Crippen LogP contribution in [-0.2, 0) is 18.9 Å². The summed E-state index contributed by atoms with van der Waals surface area (Å²) < 4.78 is 22.7. The molecule has 0 heterocycles. The van der Waals surface area contributed by atoms with Crippen LogP contribution >= 0.6 is 11.8 Å². The molecule has 162 valence electrons. The second-order valence-electron chi connectivity index (χ2n) is 8.42. The van der Waals surface area contributed by atoms with Gasteiger partial charge in [0.1, 0.15) is 13.6 Å². The Balaban J connectivity index is 1.81. The van der Waals surface area contributed by atoms with Crippen LogP contribution in [-0.4, -0.2) is 57.0 Å². The van der Waals surface area contributed by atoms with Crippen molar-refractivity contribution in [2.24, 2.45) is 17.3 Å². The minimum absolute atomic E-state index is 0.0451. The van der Waals surface area contributed by atoms with Gasteiger partial charge in [0, 0.05) is 36.2 Å². The Morgan fingerprint density at radius 3 is 2.55 bits per heavy atom. The fourth-order valence-electron chi connectivity index (χ4n) is 5.45. The van der Waals surface area contributed by atoms with Crippen molar-refractivity contribution in [3.05, 3.63) is 42.5 Å². The third-order valence-corrected chi connectivity index (χ3v) is 7.80. The monoisotopic (exact) mass is 422 g/mol. The molecule has 0 amide bonds. The molecule has 1 N–H and O–H groups in total. The van der Waals surface area contributed by atoms with Crippen molar-refractivity contribution in [1.82, 2.24) is 0 Å². The number of fused-ring (bicyclic) bond motifs is 2. The predicted octanol–water partition coefficient (Wildman–Crippen LogP) is 4.11. The molecular formula is C23H34O5S. The highest BCUT2D eigenvalue weighted by molar-refractivity contribution is 7.99. The zero-order chi connectivity index (χ0) is 20.9. The standard InChI is InChI=1S/C23H34O5S/c1-17(12-29-18-8-6-5-7-9-18)19-10-11-20-21(27-15-25-3)23(19,14-24)13-22(20,2)28-16-26-4/h5-9,19-21,24H,1,10-16H2,2-4H3/t19-,20+,21+,22+,23+/m0/s1. The van der Waals surface area contributed by atoms with Crippen LogP contribution in [0.25, 0.3) is 0 Å². The molecule has 3 rings (SSSR count). The van der Waals surface area contributed by atoms with Gasteiger partial charge < -0.3 is 24.1 Å². The first-order valence-electron chi connectivity index (χ1n) is 10.2. The number of benzene rings is 1. The van der Waals surface area contributed by atoms with E-state index in [9.17, 15) is 5.11 Å². The van der Waals surface area contributed by atoms with E-state index in [1.165, 1.54) is 4.90 Å². The Morgan fingerprint density at radius 1 is 1.17 bits per heavy atom. The lowest BCUT2D eigenvalue weighted by Gasteiger charge is -2.46. The molecule has 0 radical (unpaired) electrons. The molecule has 0 saturated heterocycles. The number of methoxy groups -OCH3 is 2. The quantitative estimate of drug-likeness (QED) is 0.329. The summed E-state index contributed by atoms with van der Waals surface area (Å²) in [5, 5.41) is 10.6. The summed E-state index contributed by atoms with van der Waals surface area (Å²) in [6.07, 6.45) is 2.54. The van der Waals surface area contributed by atoms with Crippen LogP contribution in [0.3, 0.4) is 0 Å². The van der Waals surface area contributed by atoms with Gasteiger partial charge in [-0.15, -0.1) is 11.8 Å². The fraction of sp³-hybridized carbons (Fsp3) is 0.652. The lowest BCUT2D eigenvalue weighted by atomic mass is 9.63. The summed E-state index contributed by atoms with van der Waals surface area (Å²) in [6.45, 7) is 7.06. The third kappa shape index (κ3) is 4.58. The van der Waals surface area contributed by atoms with Gasteiger partial charge in [0.15, 0.2) is 0 Å².